The Kier molecular flexibility index (Phi) is 8.05. The lowest BCUT2D eigenvalue weighted by Crippen LogP contribution is -2.60. The molecule has 5 rings (SSSR count). The topological polar surface area (TPSA) is 60.5 Å². The Balaban J connectivity index is 1.43. The number of hydrogen-bond acceptors (Lipinski definition) is 6. The van der Waals surface area contributed by atoms with Gasteiger partial charge in [-0.05, 0) is 79.1 Å². The van der Waals surface area contributed by atoms with E-state index >= 15 is 0 Å². The second kappa shape index (κ2) is 11.4. The largest absolute Gasteiger partial charge is 0.497 e. The van der Waals surface area contributed by atoms with E-state index in [1.807, 2.05) is 6.07 Å². The van der Waals surface area contributed by atoms with Crippen LogP contribution in [-0.4, -0.2) is 61.9 Å². The molecule has 0 atom stereocenters. The molecule has 7 heteroatoms. The Morgan fingerprint density at radius 2 is 1.60 bits per heavy atom. The number of likely N-dealkylation sites (tertiary alicyclic amines) is 2. The molecule has 2 saturated heterocycles. The number of likely N-dealkylation sites (N-methyl/N-ethyl adjacent to an activating group) is 1. The highest BCUT2D eigenvalue weighted by molar-refractivity contribution is 5.80. The molecule has 0 aliphatic carbocycles. The molecule has 3 heterocycles. The third kappa shape index (κ3) is 5.28. The second-order valence-electron chi connectivity index (χ2n) is 11.8. The lowest BCUT2D eigenvalue weighted by atomic mass is 9.70. The minimum atomic E-state index is -0.243. The van der Waals surface area contributed by atoms with Crippen LogP contribution in [-0.2, 0) is 23.2 Å². The molecule has 0 radical (unpaired) electrons. The molecule has 40 heavy (non-hydrogen) atoms. The fourth-order valence-electron chi connectivity index (χ4n) is 6.98. The molecule has 0 N–H and O–H groups in total. The summed E-state index contributed by atoms with van der Waals surface area (Å²) in [7, 11) is 3.37. The van der Waals surface area contributed by atoms with Crippen molar-refractivity contribution < 1.29 is 23.7 Å². The highest BCUT2D eigenvalue weighted by atomic mass is 16.7. The predicted molar refractivity (Wildman–Crippen MR) is 156 cm³/mol. The maximum Gasteiger partial charge on any atom is 0.231 e. The molecule has 2 fully saturated rings. The Labute approximate surface area is 239 Å². The first-order valence-corrected chi connectivity index (χ1v) is 14.6. The van der Waals surface area contributed by atoms with Crippen molar-refractivity contribution in [2.45, 2.75) is 77.3 Å². The average molecular weight is 549 g/mol. The molecule has 1 amide bonds. The highest BCUT2D eigenvalue weighted by Gasteiger charge is 2.47. The van der Waals surface area contributed by atoms with E-state index in [1.54, 1.807) is 14.2 Å². The first-order valence-electron chi connectivity index (χ1n) is 14.6. The van der Waals surface area contributed by atoms with E-state index in [9.17, 15) is 4.79 Å². The molecule has 3 aliphatic rings. The summed E-state index contributed by atoms with van der Waals surface area (Å²) in [5.41, 5.74) is 4.66. The van der Waals surface area contributed by atoms with Crippen molar-refractivity contribution >= 4 is 5.91 Å². The minimum absolute atomic E-state index is 0.220. The first kappa shape index (κ1) is 28.3. The zero-order chi connectivity index (χ0) is 28.5. The third-order valence-corrected chi connectivity index (χ3v) is 9.05. The van der Waals surface area contributed by atoms with E-state index in [1.165, 1.54) is 22.3 Å². The molecule has 0 bridgehead atoms. The van der Waals surface area contributed by atoms with Gasteiger partial charge in [0.05, 0.1) is 19.8 Å². The monoisotopic (exact) mass is 548 g/mol. The van der Waals surface area contributed by atoms with E-state index in [2.05, 4.69) is 67.8 Å². The number of allylic oxidation sites excluding steroid dienone is 1. The van der Waals surface area contributed by atoms with Crippen LogP contribution >= 0.6 is 0 Å². The molecule has 1 spiro atoms. The van der Waals surface area contributed by atoms with E-state index in [4.69, 9.17) is 18.9 Å². The van der Waals surface area contributed by atoms with Crippen LogP contribution in [0.1, 0.15) is 70.1 Å². The van der Waals surface area contributed by atoms with Crippen molar-refractivity contribution in [2.24, 2.45) is 0 Å². The number of aryl methyl sites for hydroxylation is 1. The summed E-state index contributed by atoms with van der Waals surface area (Å²) in [6.07, 6.45) is 6.65. The Morgan fingerprint density at radius 3 is 2.20 bits per heavy atom. The number of methoxy groups -OCH3 is 2. The van der Waals surface area contributed by atoms with Gasteiger partial charge >= 0.3 is 0 Å². The zero-order valence-electron chi connectivity index (χ0n) is 25.0. The zero-order valence-corrected chi connectivity index (χ0v) is 25.0. The van der Waals surface area contributed by atoms with Gasteiger partial charge in [-0.15, -0.1) is 0 Å². The van der Waals surface area contributed by atoms with Gasteiger partial charge in [0, 0.05) is 44.1 Å². The van der Waals surface area contributed by atoms with Gasteiger partial charge < -0.3 is 23.8 Å². The number of piperidine rings is 2. The predicted octanol–water partition coefficient (Wildman–Crippen LogP) is 5.88. The normalized spacial score (nSPS) is 19.9. The van der Waals surface area contributed by atoms with Gasteiger partial charge in [0.15, 0.2) is 11.5 Å². The number of carbonyl (C=O) groups is 1. The molecule has 2 aromatic carbocycles. The Bertz CT molecular complexity index is 1250. The molecule has 2 aromatic rings. The summed E-state index contributed by atoms with van der Waals surface area (Å²) in [6, 6.07) is 10.4. The maximum absolute atomic E-state index is 13.2. The number of carbonyl (C=O) groups excluding carboxylic acids is 1. The summed E-state index contributed by atoms with van der Waals surface area (Å²) in [4.78, 5) is 17.9. The van der Waals surface area contributed by atoms with Crippen LogP contribution < -0.4 is 18.9 Å². The number of benzene rings is 2. The van der Waals surface area contributed by atoms with Crippen LogP contribution in [0.2, 0.25) is 0 Å². The summed E-state index contributed by atoms with van der Waals surface area (Å²) in [5.74, 6) is 3.55. The van der Waals surface area contributed by atoms with Crippen molar-refractivity contribution in [2.75, 3.05) is 40.6 Å². The van der Waals surface area contributed by atoms with Gasteiger partial charge in [-0.2, -0.15) is 0 Å². The van der Waals surface area contributed by atoms with Gasteiger partial charge in [0.25, 0.3) is 0 Å². The standard InChI is InChI=1S/C33H44N2O5/c1-7-24-17-29-30(40-22-39-29)19-28(24)32(3,4)20-25-9-10-31(36)35(8-2)33(25)11-13-34(14-12-33)21-23-15-26(37-5)18-27(16-23)38-6/h15-20H,7-14,21-22H2,1-6H3/b25-20+. The van der Waals surface area contributed by atoms with Crippen molar-refractivity contribution in [1.29, 1.82) is 0 Å². The summed E-state index contributed by atoms with van der Waals surface area (Å²) < 4.78 is 22.4. The van der Waals surface area contributed by atoms with E-state index < -0.39 is 0 Å². The van der Waals surface area contributed by atoms with Gasteiger partial charge in [-0.3, -0.25) is 9.69 Å². The van der Waals surface area contributed by atoms with Crippen molar-refractivity contribution in [3.63, 3.8) is 0 Å². The smallest absolute Gasteiger partial charge is 0.231 e. The molecular weight excluding hydrogens is 504 g/mol. The summed E-state index contributed by atoms with van der Waals surface area (Å²) in [6.45, 7) is 12.6. The molecular formula is C33H44N2O5. The minimum Gasteiger partial charge on any atom is -0.497 e. The number of nitrogens with zero attached hydrogens (tertiary/aromatic N) is 2. The second-order valence-corrected chi connectivity index (χ2v) is 11.8. The lowest BCUT2D eigenvalue weighted by Gasteiger charge is -2.53. The fourth-order valence-corrected chi connectivity index (χ4v) is 6.98. The van der Waals surface area contributed by atoms with Gasteiger partial charge in [-0.1, -0.05) is 26.8 Å². The summed E-state index contributed by atoms with van der Waals surface area (Å²) >= 11 is 0. The number of amides is 1. The van der Waals surface area contributed by atoms with Gasteiger partial charge in [0.2, 0.25) is 12.7 Å². The molecule has 0 saturated carbocycles. The maximum atomic E-state index is 13.2. The average Bonchev–Trinajstić information content (AvgIpc) is 3.43. The summed E-state index contributed by atoms with van der Waals surface area (Å²) in [5, 5.41) is 0. The highest BCUT2D eigenvalue weighted by Crippen LogP contribution is 2.46. The Hall–Kier alpha value is -3.19. The van der Waals surface area contributed by atoms with Crippen LogP contribution in [0.5, 0.6) is 23.0 Å². The molecule has 7 nitrogen and oxygen atoms in total. The SMILES string of the molecule is CCc1cc2c(cc1C(C)(C)/C=C1\CCC(=O)N(CC)C13CCN(Cc1cc(OC)cc(OC)c1)CC3)OCO2. The van der Waals surface area contributed by atoms with Crippen LogP contribution in [0.15, 0.2) is 42.0 Å². The van der Waals surface area contributed by atoms with E-state index in [-0.39, 0.29) is 23.7 Å². The number of hydrogen-bond donors (Lipinski definition) is 0. The van der Waals surface area contributed by atoms with Crippen molar-refractivity contribution in [3.8, 4) is 23.0 Å². The number of fused-ring (bicyclic) bond motifs is 1. The van der Waals surface area contributed by atoms with Crippen molar-refractivity contribution in [1.82, 2.24) is 9.80 Å². The lowest BCUT2D eigenvalue weighted by molar-refractivity contribution is -0.140. The van der Waals surface area contributed by atoms with Crippen LogP contribution in [0, 0.1) is 0 Å². The van der Waals surface area contributed by atoms with Crippen LogP contribution in [0.25, 0.3) is 0 Å². The first-order chi connectivity index (χ1) is 19.2. The fraction of sp³-hybridized carbons (Fsp3) is 0.545. The quantitative estimate of drug-likeness (QED) is 0.384. The van der Waals surface area contributed by atoms with Crippen molar-refractivity contribution in [3.05, 3.63) is 58.7 Å². The molecule has 3 aliphatic heterocycles. The third-order valence-electron chi connectivity index (χ3n) is 9.05. The molecule has 0 unspecified atom stereocenters. The number of rotatable bonds is 8. The van der Waals surface area contributed by atoms with Crippen LogP contribution in [0.3, 0.4) is 0 Å². The molecule has 0 aromatic heterocycles. The molecule has 216 valence electrons. The Morgan fingerprint density at radius 1 is 0.950 bits per heavy atom. The van der Waals surface area contributed by atoms with E-state index in [0.717, 1.165) is 74.9 Å². The van der Waals surface area contributed by atoms with Gasteiger partial charge in [0.1, 0.15) is 11.5 Å². The van der Waals surface area contributed by atoms with Crippen LogP contribution in [0.4, 0.5) is 0 Å². The van der Waals surface area contributed by atoms with E-state index in [0.29, 0.717) is 6.42 Å². The number of ether oxygens (including phenoxy) is 4. The van der Waals surface area contributed by atoms with Gasteiger partial charge in [-0.25, -0.2) is 0 Å².